The lowest BCUT2D eigenvalue weighted by molar-refractivity contribution is -0.138. The number of hydrogen-bond donors (Lipinski definition) is 1. The highest BCUT2D eigenvalue weighted by atomic mass is 35.5. The molecular weight excluding hydrogens is 333 g/mol. The van der Waals surface area contributed by atoms with Gasteiger partial charge in [0, 0.05) is 26.2 Å². The fourth-order valence-electron chi connectivity index (χ4n) is 3.48. The first-order valence-electron chi connectivity index (χ1n) is 8.23. The van der Waals surface area contributed by atoms with Gasteiger partial charge in [-0.3, -0.25) is 9.59 Å². The molecule has 0 spiro atoms. The monoisotopic (exact) mass is 353 g/mol. The van der Waals surface area contributed by atoms with Crippen molar-refractivity contribution in [1.82, 2.24) is 9.80 Å². The molecule has 0 unspecified atom stereocenters. The first-order valence-corrected chi connectivity index (χ1v) is 8.61. The van der Waals surface area contributed by atoms with Crippen LogP contribution >= 0.6 is 11.6 Å². The SMILES string of the molecule is NC1(C(=O)N2CCN(C(=O)c3ccc(F)cc3Cl)CC2)CCCC1. The molecule has 1 saturated carbocycles. The number of carbonyl (C=O) groups is 2. The largest absolute Gasteiger partial charge is 0.338 e. The van der Waals surface area contributed by atoms with Gasteiger partial charge in [-0.15, -0.1) is 0 Å². The van der Waals surface area contributed by atoms with Gasteiger partial charge >= 0.3 is 0 Å². The molecule has 24 heavy (non-hydrogen) atoms. The number of benzene rings is 1. The number of halogens is 2. The summed E-state index contributed by atoms with van der Waals surface area (Å²) in [5, 5.41) is 0.102. The van der Waals surface area contributed by atoms with E-state index in [1.165, 1.54) is 12.1 Å². The van der Waals surface area contributed by atoms with Crippen LogP contribution in [0.2, 0.25) is 5.02 Å². The number of piperazine rings is 1. The van der Waals surface area contributed by atoms with Crippen LogP contribution in [-0.2, 0) is 4.79 Å². The molecule has 0 radical (unpaired) electrons. The van der Waals surface area contributed by atoms with Crippen molar-refractivity contribution < 1.29 is 14.0 Å². The molecule has 0 bridgehead atoms. The Hall–Kier alpha value is -1.66. The van der Waals surface area contributed by atoms with E-state index < -0.39 is 11.4 Å². The van der Waals surface area contributed by atoms with E-state index in [1.54, 1.807) is 9.80 Å². The van der Waals surface area contributed by atoms with Gasteiger partial charge in [-0.25, -0.2) is 4.39 Å². The first kappa shape index (κ1) is 17.2. The summed E-state index contributed by atoms with van der Waals surface area (Å²) in [5.41, 5.74) is 5.78. The van der Waals surface area contributed by atoms with Crippen molar-refractivity contribution in [2.24, 2.45) is 5.73 Å². The molecule has 1 heterocycles. The molecule has 2 aliphatic rings. The first-order chi connectivity index (χ1) is 11.4. The summed E-state index contributed by atoms with van der Waals surface area (Å²) in [5.74, 6) is -0.723. The standard InChI is InChI=1S/C17H21ClFN3O2/c18-14-11-12(19)3-4-13(14)15(23)21-7-9-22(10-8-21)16(24)17(20)5-1-2-6-17/h3-4,11H,1-2,5-10,20H2. The molecule has 2 fully saturated rings. The molecule has 7 heteroatoms. The van der Waals surface area contributed by atoms with Gasteiger partial charge in [0.15, 0.2) is 0 Å². The van der Waals surface area contributed by atoms with Crippen LogP contribution < -0.4 is 5.73 Å². The third kappa shape index (κ3) is 3.26. The lowest BCUT2D eigenvalue weighted by atomic mass is 9.97. The van der Waals surface area contributed by atoms with E-state index in [2.05, 4.69) is 0 Å². The lowest BCUT2D eigenvalue weighted by Gasteiger charge is -2.38. The zero-order chi connectivity index (χ0) is 17.3. The Balaban J connectivity index is 1.62. The Labute approximate surface area is 145 Å². The summed E-state index contributed by atoms with van der Waals surface area (Å²) >= 11 is 5.96. The van der Waals surface area contributed by atoms with E-state index in [0.29, 0.717) is 26.2 Å². The average molecular weight is 354 g/mol. The molecule has 1 saturated heterocycles. The van der Waals surface area contributed by atoms with Gasteiger partial charge in [0.1, 0.15) is 5.82 Å². The molecule has 0 atom stereocenters. The quantitative estimate of drug-likeness (QED) is 0.884. The molecule has 1 aliphatic carbocycles. The fraction of sp³-hybridized carbons (Fsp3) is 0.529. The second-order valence-electron chi connectivity index (χ2n) is 6.57. The van der Waals surface area contributed by atoms with Crippen molar-refractivity contribution in [3.63, 3.8) is 0 Å². The summed E-state index contributed by atoms with van der Waals surface area (Å²) in [6.45, 7) is 1.77. The Morgan fingerprint density at radius 3 is 2.25 bits per heavy atom. The highest BCUT2D eigenvalue weighted by Crippen LogP contribution is 2.29. The molecular formula is C17H21ClFN3O2. The van der Waals surface area contributed by atoms with E-state index in [1.807, 2.05) is 0 Å². The van der Waals surface area contributed by atoms with Crippen molar-refractivity contribution in [2.45, 2.75) is 31.2 Å². The average Bonchev–Trinajstić information content (AvgIpc) is 3.02. The summed E-state index contributed by atoms with van der Waals surface area (Å²) in [6, 6.07) is 3.74. The van der Waals surface area contributed by atoms with Crippen LogP contribution in [0.5, 0.6) is 0 Å². The minimum Gasteiger partial charge on any atom is -0.338 e. The molecule has 1 aromatic rings. The zero-order valence-corrected chi connectivity index (χ0v) is 14.2. The third-order valence-corrected chi connectivity index (χ3v) is 5.25. The molecule has 1 aliphatic heterocycles. The van der Waals surface area contributed by atoms with E-state index >= 15 is 0 Å². The molecule has 2 amide bonds. The molecule has 1 aromatic carbocycles. The van der Waals surface area contributed by atoms with Gasteiger partial charge < -0.3 is 15.5 Å². The van der Waals surface area contributed by atoms with Crippen LogP contribution in [0.25, 0.3) is 0 Å². The smallest absolute Gasteiger partial charge is 0.255 e. The van der Waals surface area contributed by atoms with E-state index in [0.717, 1.165) is 31.7 Å². The van der Waals surface area contributed by atoms with Crippen molar-refractivity contribution >= 4 is 23.4 Å². The second kappa shape index (κ2) is 6.69. The molecule has 2 N–H and O–H groups in total. The minimum atomic E-state index is -0.730. The van der Waals surface area contributed by atoms with Crippen LogP contribution in [0.1, 0.15) is 36.0 Å². The Kier molecular flexibility index (Phi) is 4.78. The highest BCUT2D eigenvalue weighted by molar-refractivity contribution is 6.33. The van der Waals surface area contributed by atoms with Crippen molar-refractivity contribution in [3.8, 4) is 0 Å². The number of hydrogen-bond acceptors (Lipinski definition) is 3. The Morgan fingerprint density at radius 1 is 1.08 bits per heavy atom. The van der Waals surface area contributed by atoms with Gasteiger partial charge in [0.05, 0.1) is 16.1 Å². The van der Waals surface area contributed by atoms with E-state index in [4.69, 9.17) is 17.3 Å². The van der Waals surface area contributed by atoms with Crippen LogP contribution in [-0.4, -0.2) is 53.3 Å². The van der Waals surface area contributed by atoms with Gasteiger partial charge in [-0.05, 0) is 31.0 Å². The predicted octanol–water partition coefficient (Wildman–Crippen LogP) is 2.04. The van der Waals surface area contributed by atoms with Crippen LogP contribution in [0.3, 0.4) is 0 Å². The molecule has 130 valence electrons. The van der Waals surface area contributed by atoms with Crippen molar-refractivity contribution in [1.29, 1.82) is 0 Å². The van der Waals surface area contributed by atoms with E-state index in [-0.39, 0.29) is 22.4 Å². The molecule has 0 aromatic heterocycles. The summed E-state index contributed by atoms with van der Waals surface area (Å²) in [7, 11) is 0. The lowest BCUT2D eigenvalue weighted by Crippen LogP contribution is -2.59. The number of carbonyl (C=O) groups excluding carboxylic acids is 2. The third-order valence-electron chi connectivity index (χ3n) is 4.94. The topological polar surface area (TPSA) is 66.6 Å². The maximum absolute atomic E-state index is 13.1. The second-order valence-corrected chi connectivity index (χ2v) is 6.98. The predicted molar refractivity (Wildman–Crippen MR) is 89.3 cm³/mol. The molecule has 3 rings (SSSR count). The van der Waals surface area contributed by atoms with Crippen molar-refractivity contribution in [3.05, 3.63) is 34.6 Å². The minimum absolute atomic E-state index is 0.00749. The summed E-state index contributed by atoms with van der Waals surface area (Å²) in [6.07, 6.45) is 3.44. The fourth-order valence-corrected chi connectivity index (χ4v) is 3.73. The van der Waals surface area contributed by atoms with Gasteiger partial charge in [0.25, 0.3) is 5.91 Å². The number of amides is 2. The normalized spacial score (nSPS) is 20.3. The van der Waals surface area contributed by atoms with Crippen LogP contribution in [0.4, 0.5) is 4.39 Å². The maximum Gasteiger partial charge on any atom is 0.255 e. The summed E-state index contributed by atoms with van der Waals surface area (Å²) in [4.78, 5) is 28.5. The highest BCUT2D eigenvalue weighted by Gasteiger charge is 2.40. The number of nitrogens with two attached hydrogens (primary N) is 1. The summed E-state index contributed by atoms with van der Waals surface area (Å²) < 4.78 is 13.1. The number of rotatable bonds is 2. The maximum atomic E-state index is 13.1. The van der Waals surface area contributed by atoms with Gasteiger partial charge in [-0.1, -0.05) is 24.4 Å². The van der Waals surface area contributed by atoms with Gasteiger partial charge in [0.2, 0.25) is 5.91 Å². The number of nitrogens with zero attached hydrogens (tertiary/aromatic N) is 2. The van der Waals surface area contributed by atoms with Crippen molar-refractivity contribution in [2.75, 3.05) is 26.2 Å². The molecule has 5 nitrogen and oxygen atoms in total. The van der Waals surface area contributed by atoms with Crippen LogP contribution in [0.15, 0.2) is 18.2 Å². The Bertz CT molecular complexity index is 653. The zero-order valence-electron chi connectivity index (χ0n) is 13.4. The van der Waals surface area contributed by atoms with E-state index in [9.17, 15) is 14.0 Å². The Morgan fingerprint density at radius 2 is 1.67 bits per heavy atom. The van der Waals surface area contributed by atoms with Crippen LogP contribution in [0, 0.1) is 5.82 Å². The van der Waals surface area contributed by atoms with Gasteiger partial charge in [-0.2, -0.15) is 0 Å².